The van der Waals surface area contributed by atoms with Crippen LogP contribution in [-0.4, -0.2) is 4.98 Å². The van der Waals surface area contributed by atoms with Crippen LogP contribution in [0, 0.1) is 22.7 Å². The second-order valence-corrected chi connectivity index (χ2v) is 2.72. The lowest BCUT2D eigenvalue weighted by atomic mass is 10.1. The van der Waals surface area contributed by atoms with Crippen LogP contribution >= 0.6 is 0 Å². The maximum Gasteiger partial charge on any atom is 0.266 e. The number of pyridine rings is 1. The Balaban J connectivity index is 3.33. The third-order valence-corrected chi connectivity index (χ3v) is 1.77. The molecule has 1 heterocycles. The number of nitrogens with two attached hydrogens (primary N) is 1. The number of nitrogens with zero attached hydrogens (tertiary/aromatic N) is 3. The van der Waals surface area contributed by atoms with Crippen molar-refractivity contribution < 1.29 is 8.78 Å². The zero-order valence-corrected chi connectivity index (χ0v) is 7.54. The van der Waals surface area contributed by atoms with Gasteiger partial charge in [0.1, 0.15) is 11.9 Å². The Kier molecular flexibility index (Phi) is 3.14. The topological polar surface area (TPSA) is 86.5 Å². The zero-order chi connectivity index (χ0) is 11.4. The standard InChI is InChI=1S/C9H6F2N4/c10-8(11)6-3-5(1-2-12)9(14)15-7(6)4-13/h3,8H,1H2,(H2,14,15). The molecule has 15 heavy (non-hydrogen) atoms. The smallest absolute Gasteiger partial charge is 0.266 e. The van der Waals surface area contributed by atoms with Crippen molar-refractivity contribution in [2.75, 3.05) is 5.73 Å². The van der Waals surface area contributed by atoms with E-state index >= 15 is 0 Å². The molecular formula is C9H6F2N4. The van der Waals surface area contributed by atoms with Crippen molar-refractivity contribution in [3.05, 3.63) is 22.9 Å². The molecule has 0 saturated carbocycles. The highest BCUT2D eigenvalue weighted by Gasteiger charge is 2.17. The molecule has 0 amide bonds. The number of halogens is 2. The molecule has 0 saturated heterocycles. The molecule has 0 aliphatic rings. The first-order chi connectivity index (χ1) is 7.10. The number of rotatable bonds is 2. The first-order valence-electron chi connectivity index (χ1n) is 3.94. The SMILES string of the molecule is N#CCc1cc(C(F)F)c(C#N)nc1N. The minimum Gasteiger partial charge on any atom is -0.383 e. The van der Waals surface area contributed by atoms with E-state index in [1.807, 2.05) is 0 Å². The fourth-order valence-electron chi connectivity index (χ4n) is 1.07. The number of nitriles is 2. The van der Waals surface area contributed by atoms with Crippen LogP contribution in [0.3, 0.4) is 0 Å². The van der Waals surface area contributed by atoms with E-state index in [1.54, 1.807) is 6.07 Å². The fourth-order valence-corrected chi connectivity index (χ4v) is 1.07. The van der Waals surface area contributed by atoms with E-state index in [4.69, 9.17) is 16.3 Å². The lowest BCUT2D eigenvalue weighted by Crippen LogP contribution is -2.03. The van der Waals surface area contributed by atoms with E-state index in [0.29, 0.717) is 0 Å². The molecule has 0 aromatic carbocycles. The summed E-state index contributed by atoms with van der Waals surface area (Å²) in [5, 5.41) is 17.0. The van der Waals surface area contributed by atoms with E-state index in [9.17, 15) is 8.78 Å². The van der Waals surface area contributed by atoms with E-state index in [0.717, 1.165) is 6.07 Å². The van der Waals surface area contributed by atoms with Gasteiger partial charge in [-0.1, -0.05) is 0 Å². The van der Waals surface area contributed by atoms with Crippen molar-refractivity contribution in [3.8, 4) is 12.1 Å². The van der Waals surface area contributed by atoms with Gasteiger partial charge in [0.25, 0.3) is 6.43 Å². The van der Waals surface area contributed by atoms with Crippen LogP contribution in [0.4, 0.5) is 14.6 Å². The summed E-state index contributed by atoms with van der Waals surface area (Å²) >= 11 is 0. The molecule has 0 aliphatic heterocycles. The summed E-state index contributed by atoms with van der Waals surface area (Å²) in [6.45, 7) is 0. The number of alkyl halides is 2. The summed E-state index contributed by atoms with van der Waals surface area (Å²) in [4.78, 5) is 3.52. The number of aromatic nitrogens is 1. The second-order valence-electron chi connectivity index (χ2n) is 2.72. The van der Waals surface area contributed by atoms with Crippen molar-refractivity contribution >= 4 is 5.82 Å². The van der Waals surface area contributed by atoms with Gasteiger partial charge in [0, 0.05) is 5.56 Å². The van der Waals surface area contributed by atoms with Crippen molar-refractivity contribution in [2.24, 2.45) is 0 Å². The van der Waals surface area contributed by atoms with Gasteiger partial charge in [0.05, 0.1) is 18.1 Å². The Morgan fingerprint density at radius 1 is 1.47 bits per heavy atom. The summed E-state index contributed by atoms with van der Waals surface area (Å²) in [5.41, 5.74) is 4.72. The first kappa shape index (κ1) is 10.9. The quantitative estimate of drug-likeness (QED) is 0.798. The number of nitrogen functional groups attached to an aromatic ring is 1. The maximum atomic E-state index is 12.5. The van der Waals surface area contributed by atoms with Crippen LogP contribution in [0.5, 0.6) is 0 Å². The Labute approximate surface area is 84.6 Å². The molecule has 2 N–H and O–H groups in total. The highest BCUT2D eigenvalue weighted by atomic mass is 19.3. The molecule has 1 aromatic heterocycles. The molecule has 6 heteroatoms. The molecule has 0 unspecified atom stereocenters. The van der Waals surface area contributed by atoms with E-state index in [2.05, 4.69) is 4.98 Å². The van der Waals surface area contributed by atoms with Gasteiger partial charge in [-0.25, -0.2) is 13.8 Å². The summed E-state index contributed by atoms with van der Waals surface area (Å²) in [7, 11) is 0. The Bertz CT molecular complexity index is 456. The summed E-state index contributed by atoms with van der Waals surface area (Å²) in [6.07, 6.45) is -2.91. The Morgan fingerprint density at radius 2 is 2.13 bits per heavy atom. The minimum absolute atomic E-state index is 0.0579. The highest BCUT2D eigenvalue weighted by molar-refractivity contribution is 5.48. The van der Waals surface area contributed by atoms with Gasteiger partial charge in [0.2, 0.25) is 0 Å². The van der Waals surface area contributed by atoms with Crippen LogP contribution in [0.2, 0.25) is 0 Å². The van der Waals surface area contributed by atoms with Crippen molar-refractivity contribution in [3.63, 3.8) is 0 Å². The number of anilines is 1. The molecule has 0 bridgehead atoms. The van der Waals surface area contributed by atoms with Gasteiger partial charge in [0.15, 0.2) is 5.69 Å². The first-order valence-corrected chi connectivity index (χ1v) is 3.94. The van der Waals surface area contributed by atoms with E-state index in [-0.39, 0.29) is 17.8 Å². The van der Waals surface area contributed by atoms with Gasteiger partial charge in [-0.3, -0.25) is 0 Å². The third-order valence-electron chi connectivity index (χ3n) is 1.77. The molecule has 4 nitrogen and oxygen atoms in total. The van der Waals surface area contributed by atoms with E-state index < -0.39 is 17.7 Å². The zero-order valence-electron chi connectivity index (χ0n) is 7.54. The number of hydrogen-bond acceptors (Lipinski definition) is 4. The van der Waals surface area contributed by atoms with Crippen LogP contribution in [0.25, 0.3) is 0 Å². The van der Waals surface area contributed by atoms with Crippen molar-refractivity contribution in [1.29, 1.82) is 10.5 Å². The highest BCUT2D eigenvalue weighted by Crippen LogP contribution is 2.24. The monoisotopic (exact) mass is 208 g/mol. The van der Waals surface area contributed by atoms with Gasteiger partial charge >= 0.3 is 0 Å². The van der Waals surface area contributed by atoms with Crippen LogP contribution in [0.15, 0.2) is 6.07 Å². The van der Waals surface area contributed by atoms with Gasteiger partial charge in [-0.15, -0.1) is 0 Å². The summed E-state index contributed by atoms with van der Waals surface area (Å²) in [5.74, 6) is -0.0579. The number of hydrogen-bond donors (Lipinski definition) is 1. The predicted molar refractivity (Wildman–Crippen MR) is 47.6 cm³/mol. The minimum atomic E-state index is -2.80. The maximum absolute atomic E-state index is 12.5. The third kappa shape index (κ3) is 2.18. The summed E-state index contributed by atoms with van der Waals surface area (Å²) < 4.78 is 24.9. The molecule has 0 radical (unpaired) electrons. The molecule has 0 atom stereocenters. The lowest BCUT2D eigenvalue weighted by Gasteiger charge is -2.06. The average Bonchev–Trinajstić information content (AvgIpc) is 2.20. The molecule has 1 rings (SSSR count). The van der Waals surface area contributed by atoms with E-state index in [1.165, 1.54) is 6.07 Å². The Morgan fingerprint density at radius 3 is 2.60 bits per heavy atom. The van der Waals surface area contributed by atoms with Crippen LogP contribution < -0.4 is 5.73 Å². The van der Waals surface area contributed by atoms with Crippen LogP contribution in [-0.2, 0) is 6.42 Å². The molecule has 0 spiro atoms. The van der Waals surface area contributed by atoms with Crippen LogP contribution in [0.1, 0.15) is 23.2 Å². The average molecular weight is 208 g/mol. The fraction of sp³-hybridized carbons (Fsp3) is 0.222. The van der Waals surface area contributed by atoms with Crippen molar-refractivity contribution in [2.45, 2.75) is 12.8 Å². The molecule has 0 aliphatic carbocycles. The van der Waals surface area contributed by atoms with Crippen molar-refractivity contribution in [1.82, 2.24) is 4.98 Å². The normalized spacial score (nSPS) is 9.67. The molecule has 0 fully saturated rings. The summed E-state index contributed by atoms with van der Waals surface area (Å²) in [6, 6.07) is 4.36. The second kappa shape index (κ2) is 4.34. The van der Waals surface area contributed by atoms with Gasteiger partial charge in [-0.2, -0.15) is 10.5 Å². The molecular weight excluding hydrogens is 202 g/mol. The predicted octanol–water partition coefficient (Wildman–Crippen LogP) is 1.54. The lowest BCUT2D eigenvalue weighted by molar-refractivity contribution is 0.150. The van der Waals surface area contributed by atoms with Gasteiger partial charge < -0.3 is 5.73 Å². The largest absolute Gasteiger partial charge is 0.383 e. The molecule has 76 valence electrons. The Hall–Kier alpha value is -2.21. The molecule has 1 aromatic rings. The van der Waals surface area contributed by atoms with Gasteiger partial charge in [-0.05, 0) is 6.07 Å².